The minimum Gasteiger partial charge on any atom is -0.545 e. The van der Waals surface area contributed by atoms with E-state index in [4.69, 9.17) is 0 Å². The Kier molecular flexibility index (Phi) is 4.26. The Hall–Kier alpha value is -0.388. The predicted octanol–water partition coefficient (Wildman–Crippen LogP) is -0.331. The van der Waals surface area contributed by atoms with Crippen LogP contribution in [0.15, 0.2) is 30.3 Å². The van der Waals surface area contributed by atoms with E-state index in [0.29, 0.717) is 0 Å². The maximum atomic E-state index is 10.1. The molecule has 0 saturated heterocycles. The van der Waals surface area contributed by atoms with E-state index in [1.807, 2.05) is 0 Å². The first-order chi connectivity index (χ1) is 4.30. The van der Waals surface area contributed by atoms with Crippen molar-refractivity contribution < 1.29 is 9.90 Å². The first-order valence-electron chi connectivity index (χ1n) is 2.57. The van der Waals surface area contributed by atoms with Crippen LogP contribution in [0.3, 0.4) is 0 Å². The molecule has 1 rings (SSSR count). The van der Waals surface area contributed by atoms with Gasteiger partial charge in [-0.3, -0.25) is 0 Å². The van der Waals surface area contributed by atoms with Gasteiger partial charge in [0.2, 0.25) is 0 Å². The zero-order chi connectivity index (χ0) is 6.69. The average molecular weight is 328 g/mol. The van der Waals surface area contributed by atoms with Gasteiger partial charge in [0, 0.05) is 0 Å². The van der Waals surface area contributed by atoms with Gasteiger partial charge in [-0.15, -0.1) is 0 Å². The number of aromatic carboxylic acids is 1. The normalized spacial score (nSPS) is 8.00. The molecule has 0 amide bonds. The molecule has 1 aromatic carbocycles. The summed E-state index contributed by atoms with van der Waals surface area (Å²) in [6.07, 6.45) is 0. The van der Waals surface area contributed by atoms with Gasteiger partial charge in [-0.25, -0.2) is 0 Å². The van der Waals surface area contributed by atoms with Gasteiger partial charge in [0.15, 0.2) is 0 Å². The molecule has 2 nitrogen and oxygen atoms in total. The summed E-state index contributed by atoms with van der Waals surface area (Å²) in [5, 5.41) is 10.1. The van der Waals surface area contributed by atoms with Crippen molar-refractivity contribution in [3.63, 3.8) is 0 Å². The second kappa shape index (κ2) is 4.43. The summed E-state index contributed by atoms with van der Waals surface area (Å²) in [7, 11) is 0. The standard InChI is InChI=1S/C7H6O2.Pb/c8-7(9)6-4-2-1-3-5-6;/h1-5H,(H,8,9);/q;+2/p-1. The zero-order valence-corrected chi connectivity index (χ0v) is 9.09. The number of carbonyl (C=O) groups is 1. The summed E-state index contributed by atoms with van der Waals surface area (Å²) < 4.78 is 0. The van der Waals surface area contributed by atoms with Crippen molar-refractivity contribution in [2.24, 2.45) is 0 Å². The molecule has 0 aliphatic heterocycles. The Morgan fingerprint density at radius 2 is 1.70 bits per heavy atom. The first kappa shape index (κ1) is 9.61. The van der Waals surface area contributed by atoms with Crippen molar-refractivity contribution in [1.82, 2.24) is 0 Å². The van der Waals surface area contributed by atoms with Gasteiger partial charge in [0.1, 0.15) is 0 Å². The molecule has 0 fully saturated rings. The Labute approximate surface area is 79.0 Å². The Bertz CT molecular complexity index is 208. The third-order valence-electron chi connectivity index (χ3n) is 1.01. The summed E-state index contributed by atoms with van der Waals surface area (Å²) in [4.78, 5) is 10.1. The summed E-state index contributed by atoms with van der Waals surface area (Å²) in [5.41, 5.74) is 0.220. The molecule has 0 bridgehead atoms. The molecule has 0 atom stereocenters. The fraction of sp³-hybridized carbons (Fsp3) is 0. The molecule has 48 valence electrons. The number of benzene rings is 1. The van der Waals surface area contributed by atoms with Crippen LogP contribution in [0.4, 0.5) is 0 Å². The summed E-state index contributed by atoms with van der Waals surface area (Å²) in [6.45, 7) is 0. The van der Waals surface area contributed by atoms with Crippen molar-refractivity contribution in [1.29, 1.82) is 0 Å². The number of hydrogen-bond donors (Lipinski definition) is 0. The number of carboxylic acids is 1. The van der Waals surface area contributed by atoms with Crippen LogP contribution < -0.4 is 5.11 Å². The Morgan fingerprint density at radius 3 is 2.00 bits per heavy atom. The average Bonchev–Trinajstić information content (AvgIpc) is 1.90. The summed E-state index contributed by atoms with van der Waals surface area (Å²) in [5.74, 6) is -1.13. The molecule has 0 N–H and O–H groups in total. The zero-order valence-electron chi connectivity index (χ0n) is 5.20. The molecular weight excluding hydrogens is 323 g/mol. The van der Waals surface area contributed by atoms with Gasteiger partial charge in [-0.2, -0.15) is 0 Å². The van der Waals surface area contributed by atoms with Crippen LogP contribution in [-0.4, -0.2) is 33.3 Å². The van der Waals surface area contributed by atoms with Crippen LogP contribution in [0.25, 0.3) is 0 Å². The Morgan fingerprint density at radius 1 is 1.20 bits per heavy atom. The quantitative estimate of drug-likeness (QED) is 0.663. The predicted molar refractivity (Wildman–Crippen MR) is 36.5 cm³/mol. The number of carboxylic acid groups (broad SMARTS) is 1. The molecular formula is C7H5O2Pb+. The van der Waals surface area contributed by atoms with Gasteiger partial charge in [-0.05, 0) is 5.56 Å². The smallest absolute Gasteiger partial charge is 0.545 e. The molecule has 0 heterocycles. The van der Waals surface area contributed by atoms with Crippen LogP contribution in [0, 0.1) is 0 Å². The van der Waals surface area contributed by atoms with Crippen molar-refractivity contribution in [2.45, 2.75) is 0 Å². The third kappa shape index (κ3) is 2.47. The molecule has 10 heavy (non-hydrogen) atoms. The van der Waals surface area contributed by atoms with E-state index in [9.17, 15) is 9.90 Å². The maximum Gasteiger partial charge on any atom is 2.00 e. The van der Waals surface area contributed by atoms with Crippen LogP contribution >= 0.6 is 0 Å². The van der Waals surface area contributed by atoms with E-state index >= 15 is 0 Å². The molecule has 0 aromatic heterocycles. The van der Waals surface area contributed by atoms with Crippen LogP contribution in [0.2, 0.25) is 0 Å². The second-order valence-electron chi connectivity index (χ2n) is 1.65. The SMILES string of the molecule is O=C([O-])c1ccccc1.[Pb+2]. The first-order valence-corrected chi connectivity index (χ1v) is 2.57. The maximum absolute atomic E-state index is 10.1. The second-order valence-corrected chi connectivity index (χ2v) is 1.65. The van der Waals surface area contributed by atoms with E-state index < -0.39 is 5.97 Å². The van der Waals surface area contributed by atoms with Crippen molar-refractivity contribution in [3.05, 3.63) is 35.9 Å². The van der Waals surface area contributed by atoms with Gasteiger partial charge < -0.3 is 9.90 Å². The van der Waals surface area contributed by atoms with E-state index in [0.717, 1.165) is 0 Å². The van der Waals surface area contributed by atoms with Gasteiger partial charge >= 0.3 is 27.3 Å². The number of rotatable bonds is 1. The number of carbonyl (C=O) groups excluding carboxylic acids is 1. The van der Waals surface area contributed by atoms with Gasteiger partial charge in [-0.1, -0.05) is 30.3 Å². The van der Waals surface area contributed by atoms with E-state index in [-0.39, 0.29) is 32.9 Å². The van der Waals surface area contributed by atoms with Crippen LogP contribution in [0.1, 0.15) is 10.4 Å². The molecule has 0 saturated carbocycles. The minimum absolute atomic E-state index is 0. The fourth-order valence-corrected chi connectivity index (χ4v) is 0.574. The van der Waals surface area contributed by atoms with Crippen LogP contribution in [-0.2, 0) is 0 Å². The molecule has 0 unspecified atom stereocenters. The third-order valence-corrected chi connectivity index (χ3v) is 1.01. The topological polar surface area (TPSA) is 40.1 Å². The van der Waals surface area contributed by atoms with E-state index in [2.05, 4.69) is 0 Å². The number of hydrogen-bond acceptors (Lipinski definition) is 2. The molecule has 2 radical (unpaired) electrons. The van der Waals surface area contributed by atoms with Crippen molar-refractivity contribution in [3.8, 4) is 0 Å². The molecule has 0 aliphatic carbocycles. The van der Waals surface area contributed by atoms with Crippen LogP contribution in [0.5, 0.6) is 0 Å². The molecule has 3 heteroatoms. The molecule has 0 spiro atoms. The largest absolute Gasteiger partial charge is 2.00 e. The summed E-state index contributed by atoms with van der Waals surface area (Å²) >= 11 is 0. The van der Waals surface area contributed by atoms with Crippen molar-refractivity contribution >= 4 is 33.3 Å². The monoisotopic (exact) mass is 329 g/mol. The van der Waals surface area contributed by atoms with E-state index in [1.165, 1.54) is 12.1 Å². The molecule has 0 aliphatic rings. The Balaban J connectivity index is 0.000000810. The fourth-order valence-electron chi connectivity index (χ4n) is 0.574. The minimum atomic E-state index is -1.13. The van der Waals surface area contributed by atoms with E-state index in [1.54, 1.807) is 18.2 Å². The van der Waals surface area contributed by atoms with Gasteiger partial charge in [0.05, 0.1) is 5.97 Å². The summed E-state index contributed by atoms with van der Waals surface area (Å²) in [6, 6.07) is 8.06. The van der Waals surface area contributed by atoms with Gasteiger partial charge in [0.25, 0.3) is 0 Å². The molecule has 1 aromatic rings. The van der Waals surface area contributed by atoms with Crippen molar-refractivity contribution in [2.75, 3.05) is 0 Å².